The van der Waals surface area contributed by atoms with Gasteiger partial charge in [0.1, 0.15) is 0 Å². The Morgan fingerprint density at radius 2 is 1.80 bits per heavy atom. The van der Waals surface area contributed by atoms with Gasteiger partial charge < -0.3 is 5.73 Å². The Bertz CT molecular complexity index is 536. The summed E-state index contributed by atoms with van der Waals surface area (Å²) in [5, 5.41) is 2.60. The summed E-state index contributed by atoms with van der Waals surface area (Å²) in [5.41, 5.74) is 7.39. The van der Waals surface area contributed by atoms with Crippen molar-refractivity contribution in [3.8, 4) is 0 Å². The second-order valence-electron chi connectivity index (χ2n) is 5.34. The van der Waals surface area contributed by atoms with E-state index in [1.807, 2.05) is 0 Å². The Morgan fingerprint density at radius 3 is 2.45 bits per heavy atom. The van der Waals surface area contributed by atoms with Gasteiger partial charge in [-0.15, -0.1) is 0 Å². The molecule has 0 spiro atoms. The Kier molecular flexibility index (Phi) is 5.57. The molecule has 2 nitrogen and oxygen atoms in total. The van der Waals surface area contributed by atoms with Crippen LogP contribution in [0.5, 0.6) is 0 Å². The lowest BCUT2D eigenvalue weighted by molar-refractivity contribution is 0.209. The van der Waals surface area contributed by atoms with Gasteiger partial charge in [0.25, 0.3) is 0 Å². The fourth-order valence-electron chi connectivity index (χ4n) is 2.81. The van der Waals surface area contributed by atoms with E-state index in [1.54, 1.807) is 0 Å². The molecule has 0 aliphatic heterocycles. The summed E-state index contributed by atoms with van der Waals surface area (Å²) in [6.45, 7) is 7.31. The third-order valence-electron chi connectivity index (χ3n) is 4.03. The minimum atomic E-state index is 0.330. The molecule has 2 N–H and O–H groups in total. The van der Waals surface area contributed by atoms with Gasteiger partial charge in [-0.2, -0.15) is 0 Å². The van der Waals surface area contributed by atoms with E-state index in [0.717, 1.165) is 13.1 Å². The second-order valence-corrected chi connectivity index (χ2v) is 5.34. The summed E-state index contributed by atoms with van der Waals surface area (Å²) in [7, 11) is 0. The average molecular weight is 270 g/mol. The number of hydrogen-bond acceptors (Lipinski definition) is 2. The van der Waals surface area contributed by atoms with Crippen LogP contribution in [-0.2, 0) is 0 Å². The summed E-state index contributed by atoms with van der Waals surface area (Å²) in [4.78, 5) is 2.49. The normalized spacial score (nSPS) is 13.0. The SMILES string of the molecule is CCCCN(CC)C(CN)c1ccc2ccccc2c1. The van der Waals surface area contributed by atoms with Gasteiger partial charge in [0.15, 0.2) is 0 Å². The molecule has 0 saturated carbocycles. The predicted octanol–water partition coefficient (Wildman–Crippen LogP) is 3.96. The van der Waals surface area contributed by atoms with E-state index >= 15 is 0 Å². The highest BCUT2D eigenvalue weighted by molar-refractivity contribution is 5.83. The van der Waals surface area contributed by atoms with Gasteiger partial charge in [-0.1, -0.05) is 56.7 Å². The summed E-state index contributed by atoms with van der Waals surface area (Å²) < 4.78 is 0. The van der Waals surface area contributed by atoms with Crippen molar-refractivity contribution < 1.29 is 0 Å². The largest absolute Gasteiger partial charge is 0.329 e. The van der Waals surface area contributed by atoms with Gasteiger partial charge in [-0.25, -0.2) is 0 Å². The van der Waals surface area contributed by atoms with Gasteiger partial charge in [-0.05, 0) is 41.9 Å². The standard InChI is InChI=1S/C18H26N2/c1-3-5-12-20(4-2)18(14-19)17-11-10-15-8-6-7-9-16(15)13-17/h6-11,13,18H,3-5,12,14,19H2,1-2H3. The van der Waals surface area contributed by atoms with Crippen LogP contribution in [0.4, 0.5) is 0 Å². The van der Waals surface area contributed by atoms with E-state index < -0.39 is 0 Å². The van der Waals surface area contributed by atoms with Crippen LogP contribution in [0.2, 0.25) is 0 Å². The lowest BCUT2D eigenvalue weighted by Gasteiger charge is -2.30. The van der Waals surface area contributed by atoms with E-state index in [-0.39, 0.29) is 0 Å². The van der Waals surface area contributed by atoms with Crippen molar-refractivity contribution in [2.75, 3.05) is 19.6 Å². The Balaban J connectivity index is 2.27. The van der Waals surface area contributed by atoms with Crippen LogP contribution in [-0.4, -0.2) is 24.5 Å². The molecule has 2 rings (SSSR count). The first-order valence-corrected chi connectivity index (χ1v) is 7.73. The topological polar surface area (TPSA) is 29.3 Å². The Hall–Kier alpha value is -1.38. The fourth-order valence-corrected chi connectivity index (χ4v) is 2.81. The number of likely N-dealkylation sites (N-methyl/N-ethyl adjacent to an activating group) is 1. The monoisotopic (exact) mass is 270 g/mol. The molecule has 2 aromatic rings. The maximum atomic E-state index is 6.06. The summed E-state index contributed by atoms with van der Waals surface area (Å²) in [6.07, 6.45) is 2.46. The molecule has 2 heteroatoms. The summed E-state index contributed by atoms with van der Waals surface area (Å²) >= 11 is 0. The Morgan fingerprint density at radius 1 is 1.05 bits per heavy atom. The fraction of sp³-hybridized carbons (Fsp3) is 0.444. The number of hydrogen-bond donors (Lipinski definition) is 1. The second kappa shape index (κ2) is 7.41. The zero-order chi connectivity index (χ0) is 14.4. The number of unbranched alkanes of at least 4 members (excludes halogenated alkanes) is 1. The van der Waals surface area contributed by atoms with Crippen molar-refractivity contribution in [1.82, 2.24) is 4.90 Å². The zero-order valence-electron chi connectivity index (χ0n) is 12.7. The van der Waals surface area contributed by atoms with Gasteiger partial charge in [-0.3, -0.25) is 4.90 Å². The van der Waals surface area contributed by atoms with Crippen molar-refractivity contribution in [2.24, 2.45) is 5.73 Å². The third kappa shape index (κ3) is 3.38. The molecule has 2 aromatic carbocycles. The summed E-state index contributed by atoms with van der Waals surface area (Å²) in [6, 6.07) is 15.6. The molecule has 20 heavy (non-hydrogen) atoms. The van der Waals surface area contributed by atoms with Crippen molar-refractivity contribution in [1.29, 1.82) is 0 Å². The van der Waals surface area contributed by atoms with Crippen molar-refractivity contribution in [2.45, 2.75) is 32.7 Å². The molecule has 1 unspecified atom stereocenters. The molecular formula is C18H26N2. The van der Waals surface area contributed by atoms with E-state index in [2.05, 4.69) is 61.2 Å². The highest BCUT2D eigenvalue weighted by Crippen LogP contribution is 2.24. The number of nitrogens with two attached hydrogens (primary N) is 1. The minimum Gasteiger partial charge on any atom is -0.329 e. The smallest absolute Gasteiger partial charge is 0.0470 e. The van der Waals surface area contributed by atoms with Crippen LogP contribution in [0, 0.1) is 0 Å². The lowest BCUT2D eigenvalue weighted by Crippen LogP contribution is -2.34. The number of benzene rings is 2. The van der Waals surface area contributed by atoms with E-state index in [9.17, 15) is 0 Å². The lowest BCUT2D eigenvalue weighted by atomic mass is 10.0. The quantitative estimate of drug-likeness (QED) is 0.825. The van der Waals surface area contributed by atoms with Crippen LogP contribution in [0.3, 0.4) is 0 Å². The van der Waals surface area contributed by atoms with Crippen molar-refractivity contribution in [3.05, 3.63) is 48.0 Å². The van der Waals surface area contributed by atoms with Gasteiger partial charge >= 0.3 is 0 Å². The first-order chi connectivity index (χ1) is 9.80. The molecule has 0 aliphatic rings. The maximum absolute atomic E-state index is 6.06. The number of rotatable bonds is 7. The molecule has 0 bridgehead atoms. The molecule has 0 aliphatic carbocycles. The van der Waals surface area contributed by atoms with Crippen LogP contribution < -0.4 is 5.73 Å². The molecule has 0 radical (unpaired) electrons. The molecule has 0 aromatic heterocycles. The molecule has 0 heterocycles. The van der Waals surface area contributed by atoms with Crippen LogP contribution in [0.15, 0.2) is 42.5 Å². The van der Waals surface area contributed by atoms with E-state index in [1.165, 1.54) is 29.2 Å². The van der Waals surface area contributed by atoms with Crippen LogP contribution >= 0.6 is 0 Å². The first-order valence-electron chi connectivity index (χ1n) is 7.73. The average Bonchev–Trinajstić information content (AvgIpc) is 2.51. The predicted molar refractivity (Wildman–Crippen MR) is 87.9 cm³/mol. The van der Waals surface area contributed by atoms with Gasteiger partial charge in [0, 0.05) is 12.6 Å². The zero-order valence-corrected chi connectivity index (χ0v) is 12.7. The van der Waals surface area contributed by atoms with Crippen molar-refractivity contribution in [3.63, 3.8) is 0 Å². The highest BCUT2D eigenvalue weighted by atomic mass is 15.2. The van der Waals surface area contributed by atoms with Crippen molar-refractivity contribution >= 4 is 10.8 Å². The van der Waals surface area contributed by atoms with Gasteiger partial charge in [0.2, 0.25) is 0 Å². The van der Waals surface area contributed by atoms with E-state index in [4.69, 9.17) is 5.73 Å². The Labute approximate surface area is 122 Å². The number of nitrogens with zero attached hydrogens (tertiary/aromatic N) is 1. The number of fused-ring (bicyclic) bond motifs is 1. The minimum absolute atomic E-state index is 0.330. The van der Waals surface area contributed by atoms with Gasteiger partial charge in [0.05, 0.1) is 0 Å². The molecule has 0 fully saturated rings. The molecular weight excluding hydrogens is 244 g/mol. The third-order valence-corrected chi connectivity index (χ3v) is 4.03. The molecule has 108 valence electrons. The molecule has 0 saturated heterocycles. The van der Waals surface area contributed by atoms with Crippen LogP contribution in [0.25, 0.3) is 10.8 Å². The molecule has 0 amide bonds. The van der Waals surface area contributed by atoms with E-state index in [0.29, 0.717) is 12.6 Å². The maximum Gasteiger partial charge on any atom is 0.0470 e. The first kappa shape index (κ1) is 15.0. The van der Waals surface area contributed by atoms with Crippen LogP contribution in [0.1, 0.15) is 38.3 Å². The highest BCUT2D eigenvalue weighted by Gasteiger charge is 2.17. The molecule has 1 atom stereocenters. The summed E-state index contributed by atoms with van der Waals surface area (Å²) in [5.74, 6) is 0.